The summed E-state index contributed by atoms with van der Waals surface area (Å²) in [7, 11) is 0. The molecule has 77 valence electrons. The molecule has 13 heavy (non-hydrogen) atoms. The molecule has 0 N–H and O–H groups in total. The fourth-order valence-electron chi connectivity index (χ4n) is 1.51. The van der Waals surface area contributed by atoms with Crippen LogP contribution in [0.1, 0.15) is 64.7 Å². The van der Waals surface area contributed by atoms with Crippen LogP contribution < -0.4 is 0 Å². The maximum absolute atomic E-state index is 3.80. The number of hydrogen-bond donors (Lipinski definition) is 0. The lowest BCUT2D eigenvalue weighted by Gasteiger charge is -2.01. The Balaban J connectivity index is 2.87. The molecule has 0 aliphatic heterocycles. The van der Waals surface area contributed by atoms with Gasteiger partial charge in [-0.3, -0.25) is 0 Å². The molecular weight excluding hydrogens is 156 g/mol. The quantitative estimate of drug-likeness (QED) is 0.443. The highest BCUT2D eigenvalue weighted by atomic mass is 14.0. The Kier molecular flexibility index (Phi) is 9.63. The van der Waals surface area contributed by atoms with E-state index < -0.39 is 0 Å². The monoisotopic (exact) mass is 181 g/mol. The van der Waals surface area contributed by atoms with E-state index in [9.17, 15) is 0 Å². The summed E-state index contributed by atoms with van der Waals surface area (Å²) in [5.74, 6) is 0. The summed E-state index contributed by atoms with van der Waals surface area (Å²) < 4.78 is 0. The van der Waals surface area contributed by atoms with Crippen molar-refractivity contribution in [3.8, 4) is 0 Å². The van der Waals surface area contributed by atoms with Gasteiger partial charge in [0.2, 0.25) is 0 Å². The van der Waals surface area contributed by atoms with Crippen LogP contribution in [0.4, 0.5) is 0 Å². The van der Waals surface area contributed by atoms with Crippen LogP contribution in [0, 0.1) is 6.92 Å². The lowest BCUT2D eigenvalue weighted by Crippen LogP contribution is -1.81. The van der Waals surface area contributed by atoms with Crippen LogP contribution in [0.15, 0.2) is 12.2 Å². The molecule has 0 saturated heterocycles. The smallest absolute Gasteiger partial charge is 0.0286 e. The van der Waals surface area contributed by atoms with Crippen molar-refractivity contribution in [3.05, 3.63) is 19.1 Å². The van der Waals surface area contributed by atoms with Gasteiger partial charge >= 0.3 is 0 Å². The molecular formula is C13H25. The van der Waals surface area contributed by atoms with Crippen molar-refractivity contribution in [3.63, 3.8) is 0 Å². The average molecular weight is 181 g/mol. The Bertz CT molecular complexity index is 113. The average Bonchev–Trinajstić information content (AvgIpc) is 2.09. The van der Waals surface area contributed by atoms with Gasteiger partial charge in [0.15, 0.2) is 0 Å². The molecule has 0 spiro atoms. The molecule has 0 aromatic carbocycles. The van der Waals surface area contributed by atoms with Gasteiger partial charge in [-0.2, -0.15) is 0 Å². The van der Waals surface area contributed by atoms with Crippen LogP contribution >= 0.6 is 0 Å². The van der Waals surface area contributed by atoms with E-state index in [0.717, 1.165) is 12.0 Å². The van der Waals surface area contributed by atoms with Gasteiger partial charge in [-0.15, -0.1) is 0 Å². The third-order valence-corrected chi connectivity index (χ3v) is 2.38. The molecule has 0 nitrogen and oxygen atoms in total. The van der Waals surface area contributed by atoms with Crippen molar-refractivity contribution in [2.45, 2.75) is 64.7 Å². The zero-order chi connectivity index (χ0) is 9.94. The third-order valence-electron chi connectivity index (χ3n) is 2.38. The zero-order valence-electron chi connectivity index (χ0n) is 9.28. The van der Waals surface area contributed by atoms with Gasteiger partial charge in [0.25, 0.3) is 0 Å². The predicted molar refractivity (Wildman–Crippen MR) is 61.7 cm³/mol. The Morgan fingerprint density at radius 2 is 1.31 bits per heavy atom. The largest absolute Gasteiger partial charge is 0.0999 e. The maximum atomic E-state index is 3.80. The van der Waals surface area contributed by atoms with Crippen LogP contribution in [0.3, 0.4) is 0 Å². The topological polar surface area (TPSA) is 0 Å². The van der Waals surface area contributed by atoms with Gasteiger partial charge in [0, 0.05) is 0 Å². The number of hydrogen-bond acceptors (Lipinski definition) is 0. The fraction of sp³-hybridized carbons (Fsp3) is 0.769. The lowest BCUT2D eigenvalue weighted by atomic mass is 10.1. The van der Waals surface area contributed by atoms with Gasteiger partial charge in [-0.05, 0) is 19.8 Å². The van der Waals surface area contributed by atoms with Crippen molar-refractivity contribution in [1.82, 2.24) is 0 Å². The Hall–Kier alpha value is -0.260. The minimum atomic E-state index is 1.09. The minimum absolute atomic E-state index is 1.09. The number of unbranched alkanes of at least 4 members (excludes halogenated alkanes) is 7. The van der Waals surface area contributed by atoms with Crippen LogP contribution in [-0.2, 0) is 0 Å². The van der Waals surface area contributed by atoms with E-state index in [1.807, 2.05) is 0 Å². The summed E-state index contributed by atoms with van der Waals surface area (Å²) in [6.07, 6.45) is 12.2. The SMILES string of the molecule is [CH2]C(=C)CCCCCCCCCC. The van der Waals surface area contributed by atoms with E-state index in [4.69, 9.17) is 0 Å². The first-order valence-corrected chi connectivity index (χ1v) is 5.77. The molecule has 0 unspecified atom stereocenters. The lowest BCUT2D eigenvalue weighted by molar-refractivity contribution is 0.576. The van der Waals surface area contributed by atoms with Crippen molar-refractivity contribution in [2.75, 3.05) is 0 Å². The normalized spacial score (nSPS) is 10.3. The molecule has 1 radical (unpaired) electrons. The van der Waals surface area contributed by atoms with E-state index in [1.165, 1.54) is 51.4 Å². The fourth-order valence-corrected chi connectivity index (χ4v) is 1.51. The van der Waals surface area contributed by atoms with E-state index in [1.54, 1.807) is 0 Å². The molecule has 0 amide bonds. The first-order chi connectivity index (χ1) is 6.27. The summed E-state index contributed by atoms with van der Waals surface area (Å²) in [6.45, 7) is 9.87. The third kappa shape index (κ3) is 11.7. The van der Waals surface area contributed by atoms with E-state index in [-0.39, 0.29) is 0 Å². The molecule has 0 heteroatoms. The molecule has 0 aliphatic rings. The van der Waals surface area contributed by atoms with E-state index in [2.05, 4.69) is 20.4 Å². The number of allylic oxidation sites excluding steroid dienone is 1. The van der Waals surface area contributed by atoms with Gasteiger partial charge < -0.3 is 0 Å². The van der Waals surface area contributed by atoms with Gasteiger partial charge in [-0.25, -0.2) is 0 Å². The molecule has 0 saturated carbocycles. The summed E-state index contributed by atoms with van der Waals surface area (Å²) >= 11 is 0. The Morgan fingerprint density at radius 3 is 1.77 bits per heavy atom. The van der Waals surface area contributed by atoms with Crippen LogP contribution in [0.2, 0.25) is 0 Å². The molecule has 0 atom stereocenters. The standard InChI is InChI=1S/C13H25/c1-4-5-6-7-8-9-10-11-12-13(2)3/h2-12H2,1H3. The van der Waals surface area contributed by atoms with Crippen LogP contribution in [0.5, 0.6) is 0 Å². The summed E-state index contributed by atoms with van der Waals surface area (Å²) in [5.41, 5.74) is 1.09. The van der Waals surface area contributed by atoms with Crippen molar-refractivity contribution in [1.29, 1.82) is 0 Å². The first-order valence-electron chi connectivity index (χ1n) is 5.77. The van der Waals surface area contributed by atoms with Crippen LogP contribution in [0.25, 0.3) is 0 Å². The zero-order valence-corrected chi connectivity index (χ0v) is 9.28. The molecule has 0 rings (SSSR count). The number of rotatable bonds is 9. The second kappa shape index (κ2) is 9.83. The van der Waals surface area contributed by atoms with Crippen molar-refractivity contribution >= 4 is 0 Å². The van der Waals surface area contributed by atoms with Crippen LogP contribution in [-0.4, -0.2) is 0 Å². The van der Waals surface area contributed by atoms with Crippen molar-refractivity contribution < 1.29 is 0 Å². The van der Waals surface area contributed by atoms with E-state index in [0.29, 0.717) is 0 Å². The highest BCUT2D eigenvalue weighted by molar-refractivity contribution is 4.96. The summed E-state index contributed by atoms with van der Waals surface area (Å²) in [4.78, 5) is 0. The first kappa shape index (κ1) is 12.7. The molecule has 0 aliphatic carbocycles. The molecule has 0 fully saturated rings. The van der Waals surface area contributed by atoms with E-state index >= 15 is 0 Å². The van der Waals surface area contributed by atoms with Gasteiger partial charge in [-0.1, -0.05) is 64.0 Å². The Labute approximate surface area is 84.4 Å². The molecule has 0 aromatic heterocycles. The second-order valence-corrected chi connectivity index (χ2v) is 3.97. The molecule has 0 bridgehead atoms. The Morgan fingerprint density at radius 1 is 0.846 bits per heavy atom. The molecule has 0 aromatic rings. The highest BCUT2D eigenvalue weighted by Gasteiger charge is 1.91. The molecule has 0 heterocycles. The predicted octanol–water partition coefficient (Wildman–Crippen LogP) is 4.91. The van der Waals surface area contributed by atoms with Crippen molar-refractivity contribution in [2.24, 2.45) is 0 Å². The van der Waals surface area contributed by atoms with Gasteiger partial charge in [0.05, 0.1) is 0 Å². The highest BCUT2D eigenvalue weighted by Crippen LogP contribution is 2.11. The van der Waals surface area contributed by atoms with Gasteiger partial charge in [0.1, 0.15) is 0 Å². The maximum Gasteiger partial charge on any atom is -0.0286 e. The second-order valence-electron chi connectivity index (χ2n) is 3.97. The minimum Gasteiger partial charge on any atom is -0.0999 e. The summed E-state index contributed by atoms with van der Waals surface area (Å²) in [5, 5.41) is 0. The summed E-state index contributed by atoms with van der Waals surface area (Å²) in [6, 6.07) is 0.